The van der Waals surface area contributed by atoms with E-state index in [4.69, 9.17) is 0 Å². The molecule has 1 heterocycles. The number of carbonyl (C=O) groups excluding carboxylic acids is 1. The van der Waals surface area contributed by atoms with Gasteiger partial charge in [-0.3, -0.25) is 9.48 Å². The summed E-state index contributed by atoms with van der Waals surface area (Å²) in [4.78, 5) is 11.7. The van der Waals surface area contributed by atoms with Crippen molar-refractivity contribution in [1.82, 2.24) is 9.78 Å². The highest BCUT2D eigenvalue weighted by Crippen LogP contribution is 2.11. The van der Waals surface area contributed by atoms with E-state index < -0.39 is 0 Å². The number of hydrogen-bond donors (Lipinski definition) is 0. The molecular formula is C11H16N2O. The number of ketones is 1. The van der Waals surface area contributed by atoms with E-state index in [9.17, 15) is 4.79 Å². The Balaban J connectivity index is 2.70. The third kappa shape index (κ3) is 2.31. The van der Waals surface area contributed by atoms with E-state index in [0.29, 0.717) is 6.42 Å². The number of aryl methyl sites for hydroxylation is 1. The van der Waals surface area contributed by atoms with Gasteiger partial charge in [-0.15, -0.1) is 6.58 Å². The van der Waals surface area contributed by atoms with E-state index in [1.807, 2.05) is 20.9 Å². The van der Waals surface area contributed by atoms with Crippen molar-refractivity contribution in [3.8, 4) is 0 Å². The second-order valence-corrected chi connectivity index (χ2v) is 3.65. The molecule has 0 aliphatic rings. The molecule has 0 spiro atoms. The number of rotatable bonds is 4. The average Bonchev–Trinajstić information content (AvgIpc) is 2.44. The maximum atomic E-state index is 11.7. The average molecular weight is 192 g/mol. The predicted molar refractivity (Wildman–Crippen MR) is 56.3 cm³/mol. The summed E-state index contributed by atoms with van der Waals surface area (Å²) < 4.78 is 1.72. The minimum Gasteiger partial charge on any atom is -0.294 e. The molecule has 0 bridgehead atoms. The van der Waals surface area contributed by atoms with Gasteiger partial charge >= 0.3 is 0 Å². The lowest BCUT2D eigenvalue weighted by Gasteiger charge is -2.00. The van der Waals surface area contributed by atoms with Crippen molar-refractivity contribution in [2.24, 2.45) is 7.05 Å². The van der Waals surface area contributed by atoms with Crippen LogP contribution in [0.4, 0.5) is 0 Å². The summed E-state index contributed by atoms with van der Waals surface area (Å²) in [6, 6.07) is 0. The zero-order chi connectivity index (χ0) is 10.7. The van der Waals surface area contributed by atoms with Crippen molar-refractivity contribution in [2.45, 2.75) is 26.7 Å². The highest BCUT2D eigenvalue weighted by molar-refractivity contribution is 5.96. The predicted octanol–water partition coefficient (Wildman–Crippen LogP) is 2.27. The van der Waals surface area contributed by atoms with Gasteiger partial charge in [-0.25, -0.2) is 0 Å². The zero-order valence-electron chi connectivity index (χ0n) is 9.00. The maximum Gasteiger partial charge on any atom is 0.166 e. The Bertz CT molecular complexity index is 363. The number of carbonyl (C=O) groups is 1. The highest BCUT2D eigenvalue weighted by atomic mass is 16.1. The van der Waals surface area contributed by atoms with E-state index in [2.05, 4.69) is 11.7 Å². The largest absolute Gasteiger partial charge is 0.294 e. The van der Waals surface area contributed by atoms with Crippen LogP contribution in [-0.4, -0.2) is 15.6 Å². The first kappa shape index (κ1) is 10.7. The van der Waals surface area contributed by atoms with Crippen LogP contribution in [0.3, 0.4) is 0 Å². The summed E-state index contributed by atoms with van der Waals surface area (Å²) in [5.41, 5.74) is 2.70. The Hall–Kier alpha value is -1.38. The van der Waals surface area contributed by atoms with Crippen LogP contribution in [0.1, 0.15) is 35.8 Å². The van der Waals surface area contributed by atoms with Crippen LogP contribution in [0.2, 0.25) is 0 Å². The first-order chi connectivity index (χ1) is 6.52. The molecule has 1 aromatic rings. The van der Waals surface area contributed by atoms with Crippen LogP contribution in [0, 0.1) is 6.92 Å². The summed E-state index contributed by atoms with van der Waals surface area (Å²) >= 11 is 0. The van der Waals surface area contributed by atoms with E-state index >= 15 is 0 Å². The number of hydrogen-bond acceptors (Lipinski definition) is 2. The fourth-order valence-corrected chi connectivity index (χ4v) is 1.23. The summed E-state index contributed by atoms with van der Waals surface area (Å²) in [6.07, 6.45) is 2.92. The summed E-state index contributed by atoms with van der Waals surface area (Å²) in [7, 11) is 1.84. The van der Waals surface area contributed by atoms with Crippen LogP contribution in [-0.2, 0) is 7.05 Å². The Morgan fingerprint density at radius 2 is 2.21 bits per heavy atom. The van der Waals surface area contributed by atoms with Crippen molar-refractivity contribution >= 4 is 5.78 Å². The molecule has 3 heteroatoms. The van der Waals surface area contributed by atoms with Gasteiger partial charge < -0.3 is 0 Å². The van der Waals surface area contributed by atoms with Gasteiger partial charge in [-0.1, -0.05) is 5.57 Å². The summed E-state index contributed by atoms with van der Waals surface area (Å²) in [5, 5.41) is 4.04. The van der Waals surface area contributed by atoms with E-state index in [-0.39, 0.29) is 5.78 Å². The van der Waals surface area contributed by atoms with Gasteiger partial charge in [0, 0.05) is 19.2 Å². The maximum absolute atomic E-state index is 11.7. The molecule has 0 atom stereocenters. The van der Waals surface area contributed by atoms with Gasteiger partial charge in [0.25, 0.3) is 0 Å². The Kier molecular flexibility index (Phi) is 3.23. The first-order valence-electron chi connectivity index (χ1n) is 4.68. The summed E-state index contributed by atoms with van der Waals surface area (Å²) in [5.74, 6) is 0.151. The molecule has 0 fully saturated rings. The third-order valence-electron chi connectivity index (χ3n) is 2.31. The van der Waals surface area contributed by atoms with Crippen LogP contribution in [0.15, 0.2) is 18.3 Å². The van der Waals surface area contributed by atoms with Crippen molar-refractivity contribution in [3.05, 3.63) is 29.6 Å². The van der Waals surface area contributed by atoms with Gasteiger partial charge in [-0.2, -0.15) is 5.10 Å². The molecule has 0 saturated heterocycles. The number of allylic oxidation sites excluding steroid dienone is 1. The fraction of sp³-hybridized carbons (Fsp3) is 0.455. The lowest BCUT2D eigenvalue weighted by Crippen LogP contribution is -2.01. The normalized spacial score (nSPS) is 10.2. The molecule has 0 saturated carbocycles. The molecule has 3 nitrogen and oxygen atoms in total. The van der Waals surface area contributed by atoms with Crippen molar-refractivity contribution in [2.75, 3.05) is 0 Å². The van der Waals surface area contributed by atoms with Gasteiger partial charge in [0.15, 0.2) is 5.78 Å². The fourth-order valence-electron chi connectivity index (χ4n) is 1.23. The SMILES string of the molecule is C=C(C)CCC(=O)c1cnn(C)c1C. The molecule has 0 unspecified atom stereocenters. The number of nitrogens with zero attached hydrogens (tertiary/aromatic N) is 2. The van der Waals surface area contributed by atoms with Gasteiger partial charge in [0.1, 0.15) is 0 Å². The second-order valence-electron chi connectivity index (χ2n) is 3.65. The number of Topliss-reactive ketones (excluding diaryl/α,β-unsaturated/α-hetero) is 1. The standard InChI is InChI=1S/C11H16N2O/c1-8(2)5-6-11(14)10-7-12-13(4)9(10)3/h7H,1,5-6H2,2-4H3. The Labute approximate surface area is 84.4 Å². The van der Waals surface area contributed by atoms with Crippen molar-refractivity contribution < 1.29 is 4.79 Å². The molecule has 0 N–H and O–H groups in total. The van der Waals surface area contributed by atoms with Crippen LogP contribution < -0.4 is 0 Å². The van der Waals surface area contributed by atoms with Crippen LogP contribution in [0.25, 0.3) is 0 Å². The molecular weight excluding hydrogens is 176 g/mol. The quantitative estimate of drug-likeness (QED) is 0.542. The molecule has 0 aliphatic heterocycles. The highest BCUT2D eigenvalue weighted by Gasteiger charge is 2.11. The van der Waals surface area contributed by atoms with Gasteiger partial charge in [0.05, 0.1) is 11.8 Å². The Morgan fingerprint density at radius 1 is 1.57 bits per heavy atom. The molecule has 1 rings (SSSR count). The van der Waals surface area contributed by atoms with Crippen molar-refractivity contribution in [3.63, 3.8) is 0 Å². The molecule has 14 heavy (non-hydrogen) atoms. The van der Waals surface area contributed by atoms with Crippen molar-refractivity contribution in [1.29, 1.82) is 0 Å². The zero-order valence-corrected chi connectivity index (χ0v) is 9.00. The molecule has 0 radical (unpaired) electrons. The van der Waals surface area contributed by atoms with Crippen LogP contribution in [0.5, 0.6) is 0 Å². The van der Waals surface area contributed by atoms with E-state index in [0.717, 1.165) is 23.3 Å². The lowest BCUT2D eigenvalue weighted by atomic mass is 10.1. The van der Waals surface area contributed by atoms with Gasteiger partial charge in [-0.05, 0) is 20.3 Å². The molecule has 0 amide bonds. The first-order valence-corrected chi connectivity index (χ1v) is 4.68. The number of aromatic nitrogens is 2. The van der Waals surface area contributed by atoms with Gasteiger partial charge in [0.2, 0.25) is 0 Å². The smallest absolute Gasteiger partial charge is 0.166 e. The third-order valence-corrected chi connectivity index (χ3v) is 2.31. The second kappa shape index (κ2) is 4.22. The Morgan fingerprint density at radius 3 is 2.64 bits per heavy atom. The minimum atomic E-state index is 0.151. The lowest BCUT2D eigenvalue weighted by molar-refractivity contribution is 0.0982. The van der Waals surface area contributed by atoms with E-state index in [1.54, 1.807) is 10.9 Å². The molecule has 76 valence electrons. The topological polar surface area (TPSA) is 34.9 Å². The molecule has 0 aromatic carbocycles. The van der Waals surface area contributed by atoms with Crippen LogP contribution >= 0.6 is 0 Å². The monoisotopic (exact) mass is 192 g/mol. The minimum absolute atomic E-state index is 0.151. The molecule has 0 aliphatic carbocycles. The van der Waals surface area contributed by atoms with E-state index in [1.165, 1.54) is 0 Å². The summed E-state index contributed by atoms with van der Waals surface area (Å²) in [6.45, 7) is 7.61. The molecule has 1 aromatic heterocycles.